The molecule has 2 rings (SSSR count). The van der Waals surface area contributed by atoms with E-state index in [0.29, 0.717) is 5.41 Å². The summed E-state index contributed by atoms with van der Waals surface area (Å²) in [6.45, 7) is 11.4. The molecule has 2 aliphatic rings. The molecule has 0 aromatic carbocycles. The molecule has 1 fully saturated rings. The molecule has 0 aliphatic heterocycles. The summed E-state index contributed by atoms with van der Waals surface area (Å²) < 4.78 is 0. The van der Waals surface area contributed by atoms with Crippen molar-refractivity contribution in [1.82, 2.24) is 0 Å². The van der Waals surface area contributed by atoms with Crippen LogP contribution in [0, 0.1) is 17.3 Å². The minimum absolute atomic E-state index is 0.550. The van der Waals surface area contributed by atoms with Gasteiger partial charge in [-0.25, -0.2) is 0 Å². The van der Waals surface area contributed by atoms with Crippen LogP contribution in [0.25, 0.3) is 0 Å². The fourth-order valence-electron chi connectivity index (χ4n) is 3.37. The summed E-state index contributed by atoms with van der Waals surface area (Å²) in [5.74, 6) is 1.68. The van der Waals surface area contributed by atoms with Gasteiger partial charge in [-0.05, 0) is 56.3 Å². The van der Waals surface area contributed by atoms with Gasteiger partial charge in [0, 0.05) is 0 Å². The van der Waals surface area contributed by atoms with Crippen LogP contribution in [-0.4, -0.2) is 0 Å². The Balaban J connectivity index is 2.15. The maximum absolute atomic E-state index is 4.31. The maximum atomic E-state index is 4.31. The zero-order chi connectivity index (χ0) is 11.1. The number of hydrogen-bond donors (Lipinski definition) is 0. The molecule has 0 aromatic heterocycles. The van der Waals surface area contributed by atoms with E-state index in [0.717, 1.165) is 11.8 Å². The SMILES string of the molecule is C=C1CCC/C(C)=C/C[C@@H]2[C@H]1CC2(C)C. The monoisotopic (exact) mass is 204 g/mol. The van der Waals surface area contributed by atoms with Crippen LogP contribution in [-0.2, 0) is 0 Å². The smallest absolute Gasteiger partial charge is 0.0164 e. The molecule has 0 nitrogen and oxygen atoms in total. The van der Waals surface area contributed by atoms with Crippen molar-refractivity contribution in [2.45, 2.75) is 52.9 Å². The quantitative estimate of drug-likeness (QED) is 0.501. The van der Waals surface area contributed by atoms with E-state index in [1.165, 1.54) is 37.7 Å². The van der Waals surface area contributed by atoms with Crippen molar-refractivity contribution in [1.29, 1.82) is 0 Å². The molecule has 0 heteroatoms. The predicted molar refractivity (Wildman–Crippen MR) is 66.7 cm³/mol. The summed E-state index contributed by atoms with van der Waals surface area (Å²) in [4.78, 5) is 0. The Morgan fingerprint density at radius 1 is 1.33 bits per heavy atom. The lowest BCUT2D eigenvalue weighted by molar-refractivity contribution is 0.0121. The van der Waals surface area contributed by atoms with Crippen molar-refractivity contribution in [2.75, 3.05) is 0 Å². The first-order valence-electron chi connectivity index (χ1n) is 6.34. The molecule has 0 amide bonds. The second kappa shape index (κ2) is 3.81. The summed E-state index contributed by atoms with van der Waals surface area (Å²) in [6, 6.07) is 0. The third-order valence-corrected chi connectivity index (χ3v) is 4.55. The lowest BCUT2D eigenvalue weighted by atomic mass is 9.52. The van der Waals surface area contributed by atoms with E-state index in [4.69, 9.17) is 0 Å². The summed E-state index contributed by atoms with van der Waals surface area (Å²) in [5, 5.41) is 0. The van der Waals surface area contributed by atoms with Gasteiger partial charge in [-0.2, -0.15) is 0 Å². The summed E-state index contributed by atoms with van der Waals surface area (Å²) in [5.41, 5.74) is 3.67. The minimum Gasteiger partial charge on any atom is -0.0996 e. The van der Waals surface area contributed by atoms with Crippen LogP contribution in [0.1, 0.15) is 52.9 Å². The van der Waals surface area contributed by atoms with Crippen LogP contribution in [0.4, 0.5) is 0 Å². The Bertz CT molecular complexity index is 293. The summed E-state index contributed by atoms with van der Waals surface area (Å²) in [6.07, 6.45) is 8.97. The Hall–Kier alpha value is -0.520. The van der Waals surface area contributed by atoms with Crippen LogP contribution in [0.15, 0.2) is 23.8 Å². The maximum Gasteiger partial charge on any atom is -0.0164 e. The molecular weight excluding hydrogens is 180 g/mol. The Morgan fingerprint density at radius 3 is 2.73 bits per heavy atom. The van der Waals surface area contributed by atoms with Gasteiger partial charge in [0.25, 0.3) is 0 Å². The summed E-state index contributed by atoms with van der Waals surface area (Å²) in [7, 11) is 0. The van der Waals surface area contributed by atoms with Crippen molar-refractivity contribution < 1.29 is 0 Å². The molecule has 0 aromatic rings. The summed E-state index contributed by atoms with van der Waals surface area (Å²) >= 11 is 0. The molecule has 0 radical (unpaired) electrons. The molecular formula is C15H24. The fraction of sp³-hybridized carbons (Fsp3) is 0.733. The second-order valence-corrected chi connectivity index (χ2v) is 6.20. The fourth-order valence-corrected chi connectivity index (χ4v) is 3.37. The highest BCUT2D eigenvalue weighted by molar-refractivity contribution is 5.16. The van der Waals surface area contributed by atoms with Crippen LogP contribution in [0.2, 0.25) is 0 Å². The van der Waals surface area contributed by atoms with Crippen LogP contribution >= 0.6 is 0 Å². The van der Waals surface area contributed by atoms with Crippen molar-refractivity contribution in [3.63, 3.8) is 0 Å². The van der Waals surface area contributed by atoms with Crippen LogP contribution in [0.5, 0.6) is 0 Å². The number of rotatable bonds is 0. The molecule has 1 saturated carbocycles. The molecule has 84 valence electrons. The van der Waals surface area contributed by atoms with Gasteiger partial charge in [0.15, 0.2) is 0 Å². The van der Waals surface area contributed by atoms with Crippen molar-refractivity contribution in [2.24, 2.45) is 17.3 Å². The van der Waals surface area contributed by atoms with Gasteiger partial charge < -0.3 is 0 Å². The lowest BCUT2D eigenvalue weighted by Crippen LogP contribution is -2.44. The van der Waals surface area contributed by atoms with Gasteiger partial charge in [-0.15, -0.1) is 0 Å². The Morgan fingerprint density at radius 2 is 2.07 bits per heavy atom. The highest BCUT2D eigenvalue weighted by atomic mass is 14.5. The van der Waals surface area contributed by atoms with E-state index in [2.05, 4.69) is 33.4 Å². The van der Waals surface area contributed by atoms with E-state index in [9.17, 15) is 0 Å². The molecule has 0 unspecified atom stereocenters. The molecule has 0 heterocycles. The average Bonchev–Trinajstić information content (AvgIpc) is 2.18. The lowest BCUT2D eigenvalue weighted by Gasteiger charge is -2.52. The second-order valence-electron chi connectivity index (χ2n) is 6.20. The van der Waals surface area contributed by atoms with Gasteiger partial charge in [0.1, 0.15) is 0 Å². The van der Waals surface area contributed by atoms with E-state index in [1.807, 2.05) is 0 Å². The molecule has 0 spiro atoms. The number of fused-ring (bicyclic) bond motifs is 1. The van der Waals surface area contributed by atoms with Crippen molar-refractivity contribution in [3.8, 4) is 0 Å². The zero-order valence-corrected chi connectivity index (χ0v) is 10.5. The highest BCUT2D eigenvalue weighted by Gasteiger charge is 2.47. The van der Waals surface area contributed by atoms with E-state index in [-0.39, 0.29) is 0 Å². The highest BCUT2D eigenvalue weighted by Crippen LogP contribution is 2.56. The van der Waals surface area contributed by atoms with Gasteiger partial charge in [0.05, 0.1) is 0 Å². The molecule has 2 aliphatic carbocycles. The van der Waals surface area contributed by atoms with Crippen LogP contribution < -0.4 is 0 Å². The van der Waals surface area contributed by atoms with Gasteiger partial charge in [0.2, 0.25) is 0 Å². The van der Waals surface area contributed by atoms with Crippen LogP contribution in [0.3, 0.4) is 0 Å². The molecule has 0 saturated heterocycles. The average molecular weight is 204 g/mol. The van der Waals surface area contributed by atoms with E-state index < -0.39 is 0 Å². The molecule has 0 bridgehead atoms. The molecule has 0 N–H and O–H groups in total. The zero-order valence-electron chi connectivity index (χ0n) is 10.5. The Kier molecular flexibility index (Phi) is 2.79. The third kappa shape index (κ3) is 2.04. The third-order valence-electron chi connectivity index (χ3n) is 4.55. The number of hydrogen-bond acceptors (Lipinski definition) is 0. The number of allylic oxidation sites excluding steroid dienone is 3. The topological polar surface area (TPSA) is 0 Å². The first-order chi connectivity index (χ1) is 7.00. The normalized spacial score (nSPS) is 38.9. The molecule has 2 atom stereocenters. The van der Waals surface area contributed by atoms with Gasteiger partial charge in [-0.1, -0.05) is 37.6 Å². The predicted octanol–water partition coefficient (Wildman–Crippen LogP) is 4.73. The standard InChI is InChI=1S/C15H24/c1-11-6-5-7-12(2)13-10-15(3,4)14(13)9-8-11/h8,13-14H,2,5-7,9-10H2,1,3-4H3/b11-8+/t13-,14+/m0/s1. The van der Waals surface area contributed by atoms with Gasteiger partial charge in [-0.3, -0.25) is 0 Å². The van der Waals surface area contributed by atoms with Gasteiger partial charge >= 0.3 is 0 Å². The van der Waals surface area contributed by atoms with E-state index in [1.54, 1.807) is 5.57 Å². The first kappa shape index (κ1) is 11.0. The first-order valence-corrected chi connectivity index (χ1v) is 6.34. The largest absolute Gasteiger partial charge is 0.0996 e. The van der Waals surface area contributed by atoms with Crippen molar-refractivity contribution >= 4 is 0 Å². The van der Waals surface area contributed by atoms with E-state index >= 15 is 0 Å². The van der Waals surface area contributed by atoms with Crippen molar-refractivity contribution in [3.05, 3.63) is 23.8 Å². The minimum atomic E-state index is 0.550. The Labute approximate surface area is 94.5 Å². The molecule has 15 heavy (non-hydrogen) atoms.